The quantitative estimate of drug-likeness (QED) is 0.0152. The maximum Gasteiger partial charge on any atom is 0.472 e. The molecule has 8 atom stereocenters. The van der Waals surface area contributed by atoms with Gasteiger partial charge < -0.3 is 44.6 Å². The Bertz CT molecular complexity index is 1170. The summed E-state index contributed by atoms with van der Waals surface area (Å²) < 4.78 is 38.4. The Hall–Kier alpha value is -1.71. The minimum Gasteiger partial charge on any atom is -0.462 e. The van der Waals surface area contributed by atoms with Crippen LogP contribution in [-0.2, 0) is 37.4 Å². The first-order chi connectivity index (χ1) is 28.3. The van der Waals surface area contributed by atoms with Crippen molar-refractivity contribution in [1.29, 1.82) is 0 Å². The molecular formula is C44H81O14P. The van der Waals surface area contributed by atoms with E-state index < -0.39 is 83.0 Å². The van der Waals surface area contributed by atoms with E-state index in [1.54, 1.807) is 12.2 Å². The summed E-state index contributed by atoms with van der Waals surface area (Å²) >= 11 is 0. The largest absolute Gasteiger partial charge is 0.472 e. The number of unbranched alkanes of at least 4 members (excludes halogenated alkanes) is 14. The number of phosphoric acid groups is 1. The summed E-state index contributed by atoms with van der Waals surface area (Å²) in [5, 5.41) is 49.3. The van der Waals surface area contributed by atoms with E-state index in [4.69, 9.17) is 23.8 Å². The van der Waals surface area contributed by atoms with Crippen LogP contribution in [0.2, 0.25) is 0 Å². The first-order valence-electron chi connectivity index (χ1n) is 22.5. The highest BCUT2D eigenvalue weighted by Gasteiger charge is 2.35. The summed E-state index contributed by atoms with van der Waals surface area (Å²) in [6.07, 6.45) is 22.0. The molecular weight excluding hydrogens is 783 g/mol. The third-order valence-corrected chi connectivity index (χ3v) is 11.3. The van der Waals surface area contributed by atoms with Crippen molar-refractivity contribution in [1.82, 2.24) is 0 Å². The van der Waals surface area contributed by atoms with Crippen LogP contribution < -0.4 is 0 Å². The van der Waals surface area contributed by atoms with Gasteiger partial charge in [-0.3, -0.25) is 18.6 Å². The minimum absolute atomic E-state index is 0.0492. The normalized spacial score (nSPS) is 21.2. The molecule has 1 aliphatic heterocycles. The van der Waals surface area contributed by atoms with Crippen LogP contribution >= 0.6 is 7.82 Å². The predicted molar refractivity (Wildman–Crippen MR) is 227 cm³/mol. The molecule has 59 heavy (non-hydrogen) atoms. The molecule has 0 saturated carbocycles. The standard InChI is InChI=1S/C44H81O14P/c1-4-5-18-24-36(46)28-29-41-39(40(48)30-44(51)58-41)25-20-16-17-21-26-42(49)54-33-38(34-56-59(52,53)55-32-37(47)31-45)57-43(50)27-22-15-13-11-9-7-6-8-10-12-14-19-23-35(2)3/h16,20,28-29,35-41,44-48,51H,4-15,17-19,21-27,30-34H2,1-3H3,(H,52,53)/b20-16-,29-28+/t36-,37-,38+,39-,40-,41+,44?/m0/s1. The van der Waals surface area contributed by atoms with Gasteiger partial charge in [0.1, 0.15) is 12.7 Å². The van der Waals surface area contributed by atoms with Crippen LogP contribution in [0.3, 0.4) is 0 Å². The molecule has 6 N–H and O–H groups in total. The lowest BCUT2D eigenvalue weighted by molar-refractivity contribution is -0.199. The van der Waals surface area contributed by atoms with Crippen LogP contribution in [0.5, 0.6) is 0 Å². The highest BCUT2D eigenvalue weighted by Crippen LogP contribution is 2.43. The Balaban J connectivity index is 2.49. The SMILES string of the molecule is CCCCC[C@H](O)/C=C/[C@H]1OC(O)C[C@H](O)[C@@H]1C/C=C\CCCC(=O)OC[C@H](COP(=O)(O)OC[C@@H](O)CO)OC(=O)CCCCCCCCCCCCCCC(C)C. The van der Waals surface area contributed by atoms with E-state index in [1.807, 2.05) is 12.2 Å². The van der Waals surface area contributed by atoms with Gasteiger partial charge in [0.25, 0.3) is 0 Å². The van der Waals surface area contributed by atoms with E-state index in [0.29, 0.717) is 32.1 Å². The Morgan fingerprint density at radius 2 is 1.37 bits per heavy atom. The lowest BCUT2D eigenvalue weighted by Crippen LogP contribution is -2.43. The summed E-state index contributed by atoms with van der Waals surface area (Å²) in [5.41, 5.74) is 0. The van der Waals surface area contributed by atoms with Crippen molar-refractivity contribution < 1.29 is 67.8 Å². The molecule has 0 amide bonds. The summed E-state index contributed by atoms with van der Waals surface area (Å²) in [4.78, 5) is 35.2. The van der Waals surface area contributed by atoms with Crippen LogP contribution in [0.15, 0.2) is 24.3 Å². The summed E-state index contributed by atoms with van der Waals surface area (Å²) in [6.45, 7) is 4.28. The van der Waals surface area contributed by atoms with Gasteiger partial charge in [0.15, 0.2) is 12.4 Å². The molecule has 1 rings (SSSR count). The van der Waals surface area contributed by atoms with Crippen LogP contribution in [0.4, 0.5) is 0 Å². The number of aliphatic hydroxyl groups is 5. The molecule has 1 heterocycles. The molecule has 0 bridgehead atoms. The summed E-state index contributed by atoms with van der Waals surface area (Å²) in [7, 11) is -4.68. The second-order valence-electron chi connectivity index (χ2n) is 16.4. The molecule has 0 spiro atoms. The predicted octanol–water partition coefficient (Wildman–Crippen LogP) is 7.74. The first-order valence-corrected chi connectivity index (χ1v) is 24.0. The van der Waals surface area contributed by atoms with Gasteiger partial charge in [0.05, 0.1) is 38.1 Å². The van der Waals surface area contributed by atoms with E-state index in [1.165, 1.54) is 57.8 Å². The molecule has 14 nitrogen and oxygen atoms in total. The molecule has 15 heteroatoms. The van der Waals surface area contributed by atoms with Gasteiger partial charge in [-0.1, -0.05) is 141 Å². The maximum absolute atomic E-state index is 12.7. The van der Waals surface area contributed by atoms with Gasteiger partial charge in [-0.25, -0.2) is 4.57 Å². The first kappa shape index (κ1) is 55.3. The van der Waals surface area contributed by atoms with E-state index in [9.17, 15) is 39.5 Å². The number of ether oxygens (including phenoxy) is 3. The number of phosphoric ester groups is 1. The lowest BCUT2D eigenvalue weighted by atomic mass is 9.87. The van der Waals surface area contributed by atoms with Crippen molar-refractivity contribution >= 4 is 19.8 Å². The van der Waals surface area contributed by atoms with Crippen LogP contribution in [0.25, 0.3) is 0 Å². The maximum atomic E-state index is 12.7. The number of carbonyl (C=O) groups is 2. The smallest absolute Gasteiger partial charge is 0.462 e. The lowest BCUT2D eigenvalue weighted by Gasteiger charge is -2.36. The van der Waals surface area contributed by atoms with Crippen LogP contribution in [0.1, 0.15) is 168 Å². The van der Waals surface area contributed by atoms with Gasteiger partial charge in [0, 0.05) is 25.2 Å². The topological polar surface area (TPSA) is 219 Å². The summed E-state index contributed by atoms with van der Waals surface area (Å²) in [5.74, 6) is -0.652. The Morgan fingerprint density at radius 3 is 2.00 bits per heavy atom. The molecule has 0 aromatic carbocycles. The Kier molecular flexibility index (Phi) is 32.6. The second kappa shape index (κ2) is 34.8. The average molecular weight is 865 g/mol. The van der Waals surface area contributed by atoms with E-state index >= 15 is 0 Å². The van der Waals surface area contributed by atoms with Crippen molar-refractivity contribution in [3.8, 4) is 0 Å². The van der Waals surface area contributed by atoms with Gasteiger partial charge in [-0.15, -0.1) is 0 Å². The van der Waals surface area contributed by atoms with Crippen molar-refractivity contribution in [3.63, 3.8) is 0 Å². The summed E-state index contributed by atoms with van der Waals surface area (Å²) in [6, 6.07) is 0. The highest BCUT2D eigenvalue weighted by molar-refractivity contribution is 7.47. The number of rotatable bonds is 37. The fourth-order valence-corrected chi connectivity index (χ4v) is 7.54. The monoisotopic (exact) mass is 865 g/mol. The number of aliphatic hydroxyl groups excluding tert-OH is 5. The zero-order valence-electron chi connectivity index (χ0n) is 36.4. The van der Waals surface area contributed by atoms with Gasteiger partial charge >= 0.3 is 19.8 Å². The van der Waals surface area contributed by atoms with Gasteiger partial charge in [-0.05, 0) is 38.0 Å². The molecule has 0 aliphatic carbocycles. The van der Waals surface area contributed by atoms with Crippen LogP contribution in [0, 0.1) is 11.8 Å². The van der Waals surface area contributed by atoms with E-state index in [0.717, 1.165) is 44.4 Å². The number of allylic oxidation sites excluding steroid dienone is 2. The molecule has 1 saturated heterocycles. The second-order valence-corrected chi connectivity index (χ2v) is 17.9. The number of esters is 2. The molecule has 2 unspecified atom stereocenters. The number of hydrogen-bond donors (Lipinski definition) is 6. The van der Waals surface area contributed by atoms with Crippen molar-refractivity contribution in [2.45, 2.75) is 205 Å². The van der Waals surface area contributed by atoms with Crippen molar-refractivity contribution in [2.75, 3.05) is 26.4 Å². The third-order valence-electron chi connectivity index (χ3n) is 10.3. The Labute approximate surface area is 354 Å². The molecule has 1 aliphatic rings. The van der Waals surface area contributed by atoms with Crippen molar-refractivity contribution in [3.05, 3.63) is 24.3 Å². The fraction of sp³-hybridized carbons (Fsp3) is 0.864. The van der Waals surface area contributed by atoms with Crippen LogP contribution in [-0.4, -0.2) is 106 Å². The van der Waals surface area contributed by atoms with Gasteiger partial charge in [0.2, 0.25) is 0 Å². The van der Waals surface area contributed by atoms with E-state index in [-0.39, 0.29) is 25.2 Å². The number of carbonyl (C=O) groups excluding carboxylic acids is 2. The molecule has 0 aromatic heterocycles. The molecule has 346 valence electrons. The average Bonchev–Trinajstić information content (AvgIpc) is 3.19. The zero-order valence-corrected chi connectivity index (χ0v) is 37.3. The van der Waals surface area contributed by atoms with Gasteiger partial charge in [-0.2, -0.15) is 0 Å². The van der Waals surface area contributed by atoms with E-state index in [2.05, 4.69) is 25.3 Å². The third kappa shape index (κ3) is 30.9. The molecule has 0 aromatic rings. The molecule has 1 fully saturated rings. The zero-order chi connectivity index (χ0) is 43.7. The Morgan fingerprint density at radius 1 is 0.780 bits per heavy atom. The highest BCUT2D eigenvalue weighted by atomic mass is 31.2. The van der Waals surface area contributed by atoms with Crippen molar-refractivity contribution in [2.24, 2.45) is 11.8 Å². The fourth-order valence-electron chi connectivity index (χ4n) is 6.75. The number of hydrogen-bond acceptors (Lipinski definition) is 13. The molecule has 0 radical (unpaired) electrons. The minimum atomic E-state index is -4.68.